The van der Waals surface area contributed by atoms with Gasteiger partial charge >= 0.3 is 5.97 Å². The average molecular weight is 331 g/mol. The number of hydrogen-bond donors (Lipinski definition) is 1. The third kappa shape index (κ3) is 3.98. The second-order valence-corrected chi connectivity index (χ2v) is 5.52. The van der Waals surface area contributed by atoms with Gasteiger partial charge in [0.1, 0.15) is 0 Å². The van der Waals surface area contributed by atoms with E-state index in [9.17, 15) is 14.4 Å². The summed E-state index contributed by atoms with van der Waals surface area (Å²) in [6.45, 7) is 4.00. The fraction of sp³-hybridized carbons (Fsp3) is 0.412. The molecule has 7 nitrogen and oxygen atoms in total. The number of nitrogens with one attached hydrogen (secondary N) is 1. The van der Waals surface area contributed by atoms with Crippen LogP contribution < -0.4 is 10.9 Å². The van der Waals surface area contributed by atoms with Gasteiger partial charge in [-0.05, 0) is 19.4 Å². The molecule has 1 aromatic carbocycles. The number of ether oxygens (including phenoxy) is 1. The van der Waals surface area contributed by atoms with E-state index in [1.165, 1.54) is 18.7 Å². The lowest BCUT2D eigenvalue weighted by Crippen LogP contribution is -2.36. The van der Waals surface area contributed by atoms with Crippen molar-refractivity contribution in [2.75, 3.05) is 6.54 Å². The van der Waals surface area contributed by atoms with Crippen LogP contribution in [0.25, 0.3) is 10.8 Å². The van der Waals surface area contributed by atoms with Crippen LogP contribution in [0, 0.1) is 0 Å². The number of amides is 1. The number of benzene rings is 1. The summed E-state index contributed by atoms with van der Waals surface area (Å²) in [7, 11) is 1.53. The van der Waals surface area contributed by atoms with Crippen molar-refractivity contribution in [2.45, 2.75) is 32.8 Å². The van der Waals surface area contributed by atoms with Gasteiger partial charge in [-0.15, -0.1) is 0 Å². The summed E-state index contributed by atoms with van der Waals surface area (Å²) < 4.78 is 6.35. The first kappa shape index (κ1) is 17.7. The van der Waals surface area contributed by atoms with Crippen LogP contribution >= 0.6 is 0 Å². The summed E-state index contributed by atoms with van der Waals surface area (Å²) in [5.74, 6) is -0.895. The van der Waals surface area contributed by atoms with Crippen LogP contribution in [0.3, 0.4) is 0 Å². The minimum absolute atomic E-state index is 0.111. The lowest BCUT2D eigenvalue weighted by atomic mass is 10.1. The maximum absolute atomic E-state index is 12.1. The van der Waals surface area contributed by atoms with Crippen molar-refractivity contribution in [1.82, 2.24) is 15.1 Å². The van der Waals surface area contributed by atoms with Gasteiger partial charge in [0.2, 0.25) is 0 Å². The first-order valence-electron chi connectivity index (χ1n) is 7.86. The first-order valence-corrected chi connectivity index (χ1v) is 7.86. The van der Waals surface area contributed by atoms with E-state index in [-0.39, 0.29) is 17.9 Å². The Kier molecular flexibility index (Phi) is 5.68. The lowest BCUT2D eigenvalue weighted by Gasteiger charge is -2.13. The molecule has 0 saturated carbocycles. The van der Waals surface area contributed by atoms with E-state index in [1.807, 2.05) is 6.92 Å². The molecule has 0 aliphatic carbocycles. The van der Waals surface area contributed by atoms with Crippen LogP contribution in [-0.4, -0.2) is 34.3 Å². The Bertz CT molecular complexity index is 813. The molecule has 1 amide bonds. The number of hydrogen-bond acceptors (Lipinski definition) is 5. The summed E-state index contributed by atoms with van der Waals surface area (Å²) in [5, 5.41) is 7.92. The van der Waals surface area contributed by atoms with Gasteiger partial charge in [0.25, 0.3) is 11.5 Å². The molecule has 0 unspecified atom stereocenters. The Labute approximate surface area is 139 Å². The summed E-state index contributed by atoms with van der Waals surface area (Å²) in [6.07, 6.45) is -0.178. The molecule has 24 heavy (non-hydrogen) atoms. The normalized spacial score (nSPS) is 12.0. The zero-order valence-corrected chi connectivity index (χ0v) is 14.0. The number of nitrogens with zero attached hydrogens (tertiary/aromatic N) is 2. The molecule has 0 fully saturated rings. The summed E-state index contributed by atoms with van der Waals surface area (Å²) in [6, 6.07) is 6.96. The number of aromatic nitrogens is 2. The standard InChI is InChI=1S/C17H21N3O4/c1-4-9-18-16(22)11(2)24-15(21)10-14-12-7-5-6-8-13(12)17(23)20(3)19-14/h5-8,11H,4,9-10H2,1-3H3,(H,18,22)/t11-/m1/s1. The highest BCUT2D eigenvalue weighted by atomic mass is 16.5. The number of carbonyl (C=O) groups excluding carboxylic acids is 2. The van der Waals surface area contributed by atoms with Crippen LogP contribution in [0.4, 0.5) is 0 Å². The Morgan fingerprint density at radius 1 is 1.29 bits per heavy atom. The van der Waals surface area contributed by atoms with Gasteiger partial charge in [-0.1, -0.05) is 25.1 Å². The largest absolute Gasteiger partial charge is 0.452 e. The highest BCUT2D eigenvalue weighted by Crippen LogP contribution is 2.14. The number of fused-ring (bicyclic) bond motifs is 1. The van der Waals surface area contributed by atoms with E-state index in [0.717, 1.165) is 6.42 Å². The third-order valence-corrected chi connectivity index (χ3v) is 3.57. The van der Waals surface area contributed by atoms with Crippen LogP contribution in [0.2, 0.25) is 0 Å². The molecule has 1 aromatic heterocycles. The second-order valence-electron chi connectivity index (χ2n) is 5.52. The highest BCUT2D eigenvalue weighted by Gasteiger charge is 2.19. The molecule has 2 rings (SSSR count). The molecular formula is C17H21N3O4. The maximum Gasteiger partial charge on any atom is 0.312 e. The number of aryl methyl sites for hydroxylation is 1. The number of rotatable bonds is 6. The molecule has 0 saturated heterocycles. The zero-order valence-electron chi connectivity index (χ0n) is 14.0. The lowest BCUT2D eigenvalue weighted by molar-refractivity contribution is -0.154. The van der Waals surface area contributed by atoms with Gasteiger partial charge in [0, 0.05) is 19.0 Å². The van der Waals surface area contributed by atoms with Crippen LogP contribution in [-0.2, 0) is 27.8 Å². The minimum atomic E-state index is -0.872. The summed E-state index contributed by atoms with van der Waals surface area (Å²) >= 11 is 0. The molecule has 0 spiro atoms. The third-order valence-electron chi connectivity index (χ3n) is 3.57. The zero-order chi connectivity index (χ0) is 17.7. The van der Waals surface area contributed by atoms with Crippen molar-refractivity contribution in [3.63, 3.8) is 0 Å². The van der Waals surface area contributed by atoms with E-state index in [0.29, 0.717) is 23.0 Å². The van der Waals surface area contributed by atoms with Gasteiger partial charge in [-0.25, -0.2) is 4.68 Å². The van der Waals surface area contributed by atoms with Crippen LogP contribution in [0.1, 0.15) is 26.0 Å². The highest BCUT2D eigenvalue weighted by molar-refractivity contribution is 5.88. The SMILES string of the molecule is CCCNC(=O)[C@@H](C)OC(=O)Cc1nn(C)c(=O)c2ccccc12. The smallest absolute Gasteiger partial charge is 0.312 e. The fourth-order valence-electron chi connectivity index (χ4n) is 2.33. The van der Waals surface area contributed by atoms with Crippen molar-refractivity contribution in [3.05, 3.63) is 40.3 Å². The minimum Gasteiger partial charge on any atom is -0.452 e. The number of carbonyl (C=O) groups is 2. The predicted octanol–water partition coefficient (Wildman–Crippen LogP) is 0.934. The molecular weight excluding hydrogens is 310 g/mol. The summed E-state index contributed by atoms with van der Waals surface area (Å²) in [4.78, 5) is 35.9. The van der Waals surface area contributed by atoms with E-state index in [4.69, 9.17) is 4.74 Å². The van der Waals surface area contributed by atoms with Gasteiger partial charge in [-0.3, -0.25) is 14.4 Å². The van der Waals surface area contributed by atoms with Crippen molar-refractivity contribution in [1.29, 1.82) is 0 Å². The van der Waals surface area contributed by atoms with E-state index in [1.54, 1.807) is 24.3 Å². The first-order chi connectivity index (χ1) is 11.4. The Morgan fingerprint density at radius 3 is 2.62 bits per heavy atom. The van der Waals surface area contributed by atoms with Crippen molar-refractivity contribution in [2.24, 2.45) is 7.05 Å². The molecule has 0 radical (unpaired) electrons. The molecule has 0 aliphatic rings. The topological polar surface area (TPSA) is 90.3 Å². The van der Waals surface area contributed by atoms with Crippen LogP contribution in [0.5, 0.6) is 0 Å². The van der Waals surface area contributed by atoms with Crippen molar-refractivity contribution in [3.8, 4) is 0 Å². The number of esters is 1. The monoisotopic (exact) mass is 331 g/mol. The van der Waals surface area contributed by atoms with Gasteiger partial charge in [0.15, 0.2) is 6.10 Å². The van der Waals surface area contributed by atoms with Gasteiger partial charge in [0.05, 0.1) is 17.5 Å². The molecule has 0 bridgehead atoms. The molecule has 128 valence electrons. The Hall–Kier alpha value is -2.70. The maximum atomic E-state index is 12.1. The van der Waals surface area contributed by atoms with Gasteiger partial charge in [-0.2, -0.15) is 5.10 Å². The second kappa shape index (κ2) is 7.72. The molecule has 2 aromatic rings. The summed E-state index contributed by atoms with van der Waals surface area (Å²) in [5.41, 5.74) is 0.217. The molecule has 0 aliphatic heterocycles. The molecule has 1 N–H and O–H groups in total. The Morgan fingerprint density at radius 2 is 1.96 bits per heavy atom. The molecule has 1 heterocycles. The fourth-order valence-corrected chi connectivity index (χ4v) is 2.33. The molecule has 7 heteroatoms. The van der Waals surface area contributed by atoms with E-state index < -0.39 is 12.1 Å². The van der Waals surface area contributed by atoms with E-state index in [2.05, 4.69) is 10.4 Å². The predicted molar refractivity (Wildman–Crippen MR) is 89.5 cm³/mol. The van der Waals surface area contributed by atoms with Gasteiger partial charge < -0.3 is 10.1 Å². The van der Waals surface area contributed by atoms with Crippen molar-refractivity contribution < 1.29 is 14.3 Å². The van der Waals surface area contributed by atoms with Crippen molar-refractivity contribution >= 4 is 22.6 Å². The molecule has 1 atom stereocenters. The average Bonchev–Trinajstić information content (AvgIpc) is 2.57. The quantitative estimate of drug-likeness (QED) is 0.796. The van der Waals surface area contributed by atoms with Crippen LogP contribution in [0.15, 0.2) is 29.1 Å². The Balaban J connectivity index is 2.15. The van der Waals surface area contributed by atoms with E-state index >= 15 is 0 Å².